The predicted octanol–water partition coefficient (Wildman–Crippen LogP) is 3.71. The van der Waals surface area contributed by atoms with Crippen LogP contribution in [0.1, 0.15) is 5.56 Å². The molecule has 1 heterocycles. The first-order valence-corrected chi connectivity index (χ1v) is 5.62. The molecule has 0 fully saturated rings. The number of methoxy groups -OCH3 is 1. The van der Waals surface area contributed by atoms with Crippen molar-refractivity contribution in [3.63, 3.8) is 0 Å². The van der Waals surface area contributed by atoms with E-state index in [1.807, 2.05) is 12.1 Å². The van der Waals surface area contributed by atoms with Crippen molar-refractivity contribution in [3.8, 4) is 5.88 Å². The smallest absolute Gasteiger partial charge is 0.213 e. The predicted molar refractivity (Wildman–Crippen MR) is 70.5 cm³/mol. The van der Waals surface area contributed by atoms with Gasteiger partial charge in [-0.1, -0.05) is 30.3 Å². The molecule has 0 atom stereocenters. The van der Waals surface area contributed by atoms with E-state index in [9.17, 15) is 0 Å². The SMILES string of the molecule is COc1cc(C)c2c(ccc3ccccc32)n1. The van der Waals surface area contributed by atoms with Crippen LogP contribution in [-0.4, -0.2) is 12.1 Å². The zero-order valence-electron chi connectivity index (χ0n) is 9.90. The molecule has 3 aromatic rings. The molecule has 1 aromatic heterocycles. The topological polar surface area (TPSA) is 22.1 Å². The van der Waals surface area contributed by atoms with E-state index in [1.165, 1.54) is 21.7 Å². The van der Waals surface area contributed by atoms with E-state index in [4.69, 9.17) is 4.74 Å². The largest absolute Gasteiger partial charge is 0.481 e. The van der Waals surface area contributed by atoms with Gasteiger partial charge in [0.2, 0.25) is 5.88 Å². The first kappa shape index (κ1) is 10.1. The molecule has 0 saturated carbocycles. The first-order valence-electron chi connectivity index (χ1n) is 5.62. The van der Waals surface area contributed by atoms with Gasteiger partial charge in [-0.05, 0) is 29.3 Å². The van der Waals surface area contributed by atoms with Gasteiger partial charge in [0, 0.05) is 11.5 Å². The van der Waals surface area contributed by atoms with Gasteiger partial charge < -0.3 is 4.74 Å². The van der Waals surface area contributed by atoms with Crippen LogP contribution in [0.15, 0.2) is 42.5 Å². The van der Waals surface area contributed by atoms with Crippen LogP contribution in [0.3, 0.4) is 0 Å². The summed E-state index contributed by atoms with van der Waals surface area (Å²) in [5.41, 5.74) is 2.18. The Kier molecular flexibility index (Phi) is 2.22. The minimum atomic E-state index is 0.672. The average molecular weight is 223 g/mol. The Morgan fingerprint density at radius 1 is 1.06 bits per heavy atom. The Bertz CT molecular complexity index is 704. The van der Waals surface area contributed by atoms with Gasteiger partial charge in [-0.15, -0.1) is 0 Å². The second-order valence-electron chi connectivity index (χ2n) is 4.16. The van der Waals surface area contributed by atoms with Gasteiger partial charge in [0.1, 0.15) is 0 Å². The Labute approximate surface area is 99.9 Å². The number of aromatic nitrogens is 1. The molecule has 0 aliphatic carbocycles. The van der Waals surface area contributed by atoms with E-state index in [0.29, 0.717) is 5.88 Å². The summed E-state index contributed by atoms with van der Waals surface area (Å²) in [7, 11) is 1.65. The minimum Gasteiger partial charge on any atom is -0.481 e. The van der Waals surface area contributed by atoms with Crippen molar-refractivity contribution < 1.29 is 4.74 Å². The van der Waals surface area contributed by atoms with Crippen LogP contribution < -0.4 is 4.74 Å². The zero-order chi connectivity index (χ0) is 11.8. The zero-order valence-corrected chi connectivity index (χ0v) is 9.90. The quantitative estimate of drug-likeness (QED) is 0.587. The highest BCUT2D eigenvalue weighted by atomic mass is 16.5. The average Bonchev–Trinajstić information content (AvgIpc) is 2.37. The van der Waals surface area contributed by atoms with Crippen molar-refractivity contribution in [2.24, 2.45) is 0 Å². The number of benzene rings is 2. The van der Waals surface area contributed by atoms with Crippen molar-refractivity contribution in [2.75, 3.05) is 7.11 Å². The molecule has 2 aromatic carbocycles. The number of pyridine rings is 1. The highest BCUT2D eigenvalue weighted by Crippen LogP contribution is 2.28. The number of hydrogen-bond donors (Lipinski definition) is 0. The van der Waals surface area contributed by atoms with Crippen molar-refractivity contribution in [1.29, 1.82) is 0 Å². The number of nitrogens with zero attached hydrogens (tertiary/aromatic N) is 1. The second kappa shape index (κ2) is 3.74. The Hall–Kier alpha value is -2.09. The number of rotatable bonds is 1. The molecule has 0 radical (unpaired) electrons. The molecule has 3 rings (SSSR count). The lowest BCUT2D eigenvalue weighted by Gasteiger charge is -2.08. The van der Waals surface area contributed by atoms with E-state index in [2.05, 4.69) is 42.2 Å². The van der Waals surface area contributed by atoms with Crippen molar-refractivity contribution in [2.45, 2.75) is 6.92 Å². The van der Waals surface area contributed by atoms with Crippen molar-refractivity contribution >= 4 is 21.7 Å². The second-order valence-corrected chi connectivity index (χ2v) is 4.16. The molecule has 0 spiro atoms. The minimum absolute atomic E-state index is 0.672. The Balaban J connectivity index is 2.50. The molecule has 2 heteroatoms. The fourth-order valence-electron chi connectivity index (χ4n) is 2.28. The molecule has 0 aliphatic rings. The summed E-state index contributed by atoms with van der Waals surface area (Å²) in [5.74, 6) is 0.672. The molecule has 0 unspecified atom stereocenters. The molecule has 0 bridgehead atoms. The summed E-state index contributed by atoms with van der Waals surface area (Å²) in [5, 5.41) is 3.71. The van der Waals surface area contributed by atoms with Crippen LogP contribution in [0.2, 0.25) is 0 Å². The summed E-state index contributed by atoms with van der Waals surface area (Å²) in [4.78, 5) is 4.48. The molecular weight excluding hydrogens is 210 g/mol. The van der Waals surface area contributed by atoms with Crippen LogP contribution in [-0.2, 0) is 0 Å². The van der Waals surface area contributed by atoms with E-state index in [0.717, 1.165) is 5.52 Å². The van der Waals surface area contributed by atoms with Gasteiger partial charge in [0.15, 0.2) is 0 Å². The van der Waals surface area contributed by atoms with Gasteiger partial charge in [-0.2, -0.15) is 0 Å². The molecule has 0 amide bonds. The number of fused-ring (bicyclic) bond motifs is 3. The highest BCUT2D eigenvalue weighted by Gasteiger charge is 2.06. The summed E-state index contributed by atoms with van der Waals surface area (Å²) >= 11 is 0. The van der Waals surface area contributed by atoms with E-state index < -0.39 is 0 Å². The first-order chi connectivity index (χ1) is 8.29. The van der Waals surface area contributed by atoms with Crippen LogP contribution in [0.5, 0.6) is 5.88 Å². The van der Waals surface area contributed by atoms with Crippen LogP contribution in [0.25, 0.3) is 21.7 Å². The normalized spacial score (nSPS) is 10.9. The molecule has 0 N–H and O–H groups in total. The Morgan fingerprint density at radius 2 is 1.88 bits per heavy atom. The van der Waals surface area contributed by atoms with Gasteiger partial charge in [0.25, 0.3) is 0 Å². The maximum atomic E-state index is 5.20. The third-order valence-electron chi connectivity index (χ3n) is 3.08. The molecule has 17 heavy (non-hydrogen) atoms. The fourth-order valence-corrected chi connectivity index (χ4v) is 2.28. The summed E-state index contributed by atoms with van der Waals surface area (Å²) in [6, 6.07) is 14.5. The lowest BCUT2D eigenvalue weighted by Crippen LogP contribution is -1.91. The summed E-state index contributed by atoms with van der Waals surface area (Å²) < 4.78 is 5.20. The number of hydrogen-bond acceptors (Lipinski definition) is 2. The van der Waals surface area contributed by atoms with E-state index >= 15 is 0 Å². The van der Waals surface area contributed by atoms with Crippen LogP contribution >= 0.6 is 0 Å². The van der Waals surface area contributed by atoms with E-state index in [1.54, 1.807) is 7.11 Å². The highest BCUT2D eigenvalue weighted by molar-refractivity contribution is 6.07. The summed E-state index contributed by atoms with van der Waals surface area (Å²) in [6.07, 6.45) is 0. The molecule has 2 nitrogen and oxygen atoms in total. The lowest BCUT2D eigenvalue weighted by molar-refractivity contribution is 0.399. The molecular formula is C15H13NO. The maximum absolute atomic E-state index is 5.20. The third kappa shape index (κ3) is 1.53. The maximum Gasteiger partial charge on any atom is 0.213 e. The Morgan fingerprint density at radius 3 is 2.71 bits per heavy atom. The monoisotopic (exact) mass is 223 g/mol. The summed E-state index contributed by atoms with van der Waals surface area (Å²) in [6.45, 7) is 2.10. The fraction of sp³-hybridized carbons (Fsp3) is 0.133. The molecule has 0 saturated heterocycles. The van der Waals surface area contributed by atoms with Gasteiger partial charge in [-0.3, -0.25) is 0 Å². The molecule has 84 valence electrons. The van der Waals surface area contributed by atoms with Gasteiger partial charge >= 0.3 is 0 Å². The van der Waals surface area contributed by atoms with Crippen molar-refractivity contribution in [1.82, 2.24) is 4.98 Å². The third-order valence-corrected chi connectivity index (χ3v) is 3.08. The van der Waals surface area contributed by atoms with Gasteiger partial charge in [-0.25, -0.2) is 4.98 Å². The van der Waals surface area contributed by atoms with Crippen LogP contribution in [0, 0.1) is 6.92 Å². The lowest BCUT2D eigenvalue weighted by atomic mass is 10.0. The number of ether oxygens (including phenoxy) is 1. The standard InChI is InChI=1S/C15H13NO/c1-10-9-14(17-2)16-13-8-7-11-5-3-4-6-12(11)15(10)13/h3-9H,1-2H3. The van der Waals surface area contributed by atoms with Gasteiger partial charge in [0.05, 0.1) is 12.6 Å². The van der Waals surface area contributed by atoms with Crippen LogP contribution in [0.4, 0.5) is 0 Å². The number of aryl methyl sites for hydroxylation is 1. The van der Waals surface area contributed by atoms with Crippen molar-refractivity contribution in [3.05, 3.63) is 48.0 Å². The van der Waals surface area contributed by atoms with E-state index in [-0.39, 0.29) is 0 Å². The molecule has 0 aliphatic heterocycles.